The van der Waals surface area contributed by atoms with Gasteiger partial charge in [0, 0.05) is 39.3 Å². The summed E-state index contributed by atoms with van der Waals surface area (Å²) in [6.07, 6.45) is -2.27. The number of rotatable bonds is 3. The Bertz CT molecular complexity index is 1710. The Kier molecular flexibility index (Phi) is 4.52. The first-order chi connectivity index (χ1) is 20.8. The molecule has 9 nitrogen and oxygen atoms in total. The van der Waals surface area contributed by atoms with Crippen LogP contribution in [0.25, 0.3) is 0 Å². The second kappa shape index (κ2) is 8.06. The molecule has 3 aromatic carbocycles. The van der Waals surface area contributed by atoms with Crippen molar-refractivity contribution < 1.29 is 41.8 Å². The van der Waals surface area contributed by atoms with E-state index < -0.39 is 42.2 Å². The predicted molar refractivity (Wildman–Crippen MR) is 141 cm³/mol. The van der Waals surface area contributed by atoms with Crippen LogP contribution in [0, 0.1) is 18.9 Å². The van der Waals surface area contributed by atoms with Crippen LogP contribution in [0.2, 0.25) is 0 Å². The van der Waals surface area contributed by atoms with Gasteiger partial charge in [0.2, 0.25) is 0 Å². The summed E-state index contributed by atoms with van der Waals surface area (Å²) in [4.78, 5) is 53.8. The summed E-state index contributed by atoms with van der Waals surface area (Å²) in [5, 5.41) is 0. The number of ketones is 3. The molecule has 0 aromatic heterocycles. The van der Waals surface area contributed by atoms with E-state index in [1.807, 2.05) is 0 Å². The maximum Gasteiger partial charge on any atom is 0.193 e. The van der Waals surface area contributed by atoms with Gasteiger partial charge in [0.25, 0.3) is 0 Å². The van der Waals surface area contributed by atoms with E-state index in [1.165, 1.54) is 36.4 Å². The summed E-state index contributed by atoms with van der Waals surface area (Å²) < 4.78 is 57.7. The molecule has 0 atom stereocenters. The number of carbonyl (C=O) groups excluding carboxylic acids is 3. The van der Waals surface area contributed by atoms with Crippen LogP contribution >= 0.6 is 0 Å². The largest absolute Gasteiger partial charge is 0.570 e. The Labute approximate surface area is 239 Å². The van der Waals surface area contributed by atoms with Crippen LogP contribution in [-0.2, 0) is 14.2 Å². The Balaban J connectivity index is 1.36. The molecule has 3 aliphatic heterocycles. The first kappa shape index (κ1) is 24.1. The van der Waals surface area contributed by atoms with Crippen molar-refractivity contribution in [2.24, 2.45) is 15.0 Å². The van der Waals surface area contributed by atoms with E-state index >= 15 is 0 Å². The van der Waals surface area contributed by atoms with Crippen LogP contribution in [0.4, 0.5) is 13.2 Å². The zero-order chi connectivity index (χ0) is 29.3. The van der Waals surface area contributed by atoms with Gasteiger partial charge in [0.1, 0.15) is 0 Å². The molecule has 0 fully saturated rings. The minimum Gasteiger partial charge on any atom is -0.570 e. The van der Waals surface area contributed by atoms with Gasteiger partial charge in [0.15, 0.2) is 17.3 Å². The molecule has 12 heteroatoms. The first-order valence-corrected chi connectivity index (χ1v) is 13.1. The van der Waals surface area contributed by atoms with E-state index in [0.717, 1.165) is 0 Å². The lowest BCUT2D eigenvalue weighted by Gasteiger charge is -2.40. The monoisotopic (exact) mass is 580 g/mol. The van der Waals surface area contributed by atoms with Gasteiger partial charge in [-0.3, -0.25) is 14.4 Å². The molecule has 0 N–H and O–H groups in total. The molecule has 0 saturated heterocycles. The molecular formula is C31H13F3N3O6-3. The van der Waals surface area contributed by atoms with Crippen molar-refractivity contribution in [3.05, 3.63) is 122 Å². The number of halogens is 3. The van der Waals surface area contributed by atoms with Crippen LogP contribution < -0.4 is 0 Å². The van der Waals surface area contributed by atoms with Crippen LogP contribution in [-0.4, -0.2) is 54.9 Å². The average molecular weight is 580 g/mol. The first-order valence-electron chi connectivity index (χ1n) is 13.1. The van der Waals surface area contributed by atoms with Crippen molar-refractivity contribution >= 4 is 35.0 Å². The highest BCUT2D eigenvalue weighted by Crippen LogP contribution is 2.53. The fourth-order valence-corrected chi connectivity index (χ4v) is 6.61. The lowest BCUT2D eigenvalue weighted by molar-refractivity contribution is 0.102. The standard InChI is InChI=1S/C31H13F3N3O6/c32-19-7-41-29(35-19)10-1-13-22-14(2-10)27(39)17-5-12(31-37-21(34)9-43-31)6-18-24(17)25(22)23-15(26(13)38)3-11(4-16(23)28(18)40)30-36-20(33)8-42-30/h1-6,25H,7-9H2/q-3. The van der Waals surface area contributed by atoms with Crippen molar-refractivity contribution in [1.29, 1.82) is 0 Å². The third-order valence-corrected chi connectivity index (χ3v) is 8.27. The minimum absolute atomic E-state index is 0.0871. The van der Waals surface area contributed by atoms with Gasteiger partial charge in [-0.15, -0.1) is 0 Å². The van der Waals surface area contributed by atoms with Crippen LogP contribution in [0.3, 0.4) is 0 Å². The molecule has 0 radical (unpaired) electrons. The lowest BCUT2D eigenvalue weighted by Crippen LogP contribution is -2.35. The van der Waals surface area contributed by atoms with E-state index in [9.17, 15) is 27.6 Å². The van der Waals surface area contributed by atoms with Gasteiger partial charge >= 0.3 is 0 Å². The third kappa shape index (κ3) is 3.14. The molecule has 0 unspecified atom stereocenters. The number of hydrogen-bond donors (Lipinski definition) is 0. The highest BCUT2D eigenvalue weighted by molar-refractivity contribution is 6.27. The Hall–Kier alpha value is -5.52. The normalized spacial score (nSPS) is 19.2. The molecule has 43 heavy (non-hydrogen) atoms. The number of hydrogen-bond acceptors (Lipinski definition) is 9. The zero-order valence-electron chi connectivity index (χ0n) is 21.6. The zero-order valence-corrected chi connectivity index (χ0v) is 21.6. The Morgan fingerprint density at radius 3 is 0.977 bits per heavy atom. The number of aliphatic imine (C=N–C) groups is 3. The highest BCUT2D eigenvalue weighted by atomic mass is 19.1. The second-order valence-corrected chi connectivity index (χ2v) is 10.6. The Morgan fingerprint density at radius 1 is 0.512 bits per heavy atom. The molecule has 3 aromatic rings. The van der Waals surface area contributed by atoms with Crippen molar-refractivity contribution in [2.45, 2.75) is 5.92 Å². The second-order valence-electron chi connectivity index (χ2n) is 10.6. The van der Waals surface area contributed by atoms with E-state index in [1.54, 1.807) is 0 Å². The van der Waals surface area contributed by atoms with E-state index in [4.69, 9.17) is 14.2 Å². The number of nitrogens with zero attached hydrogens (tertiary/aromatic N) is 3. The molecular weight excluding hydrogens is 567 g/mol. The topological polar surface area (TPSA) is 116 Å². The molecule has 3 heterocycles. The summed E-state index contributed by atoms with van der Waals surface area (Å²) in [5.41, 5.74) is 2.79. The summed E-state index contributed by atoms with van der Waals surface area (Å²) >= 11 is 0. The number of ether oxygens (including phenoxy) is 3. The molecule has 0 spiro atoms. The maximum atomic E-state index is 14.2. The van der Waals surface area contributed by atoms with Crippen LogP contribution in [0.15, 0.2) is 51.4 Å². The van der Waals surface area contributed by atoms with Gasteiger partial charge in [0.05, 0.1) is 56.4 Å². The summed E-state index contributed by atoms with van der Waals surface area (Å²) in [6.45, 7) is -1.15. The minimum atomic E-state index is -0.758. The lowest BCUT2D eigenvalue weighted by atomic mass is 9.61. The molecule has 0 saturated carbocycles. The van der Waals surface area contributed by atoms with Gasteiger partial charge in [-0.25, -0.2) is 0 Å². The smallest absolute Gasteiger partial charge is 0.193 e. The summed E-state index contributed by atoms with van der Waals surface area (Å²) in [6, 6.07) is 8.96. The fraction of sp³-hybridized carbons (Fsp3) is 0.129. The van der Waals surface area contributed by atoms with Crippen molar-refractivity contribution in [2.75, 3.05) is 19.8 Å². The Morgan fingerprint density at radius 2 is 0.767 bits per heavy atom. The fourth-order valence-electron chi connectivity index (χ4n) is 6.61. The molecule has 0 bridgehead atoms. The molecule has 9 rings (SSSR count). The maximum absolute atomic E-state index is 14.2. The molecule has 212 valence electrons. The third-order valence-electron chi connectivity index (χ3n) is 8.27. The van der Waals surface area contributed by atoms with Gasteiger partial charge < -0.3 is 42.4 Å². The van der Waals surface area contributed by atoms with Crippen molar-refractivity contribution in [3.8, 4) is 0 Å². The van der Waals surface area contributed by atoms with Crippen molar-refractivity contribution in [3.63, 3.8) is 0 Å². The van der Waals surface area contributed by atoms with E-state index in [-0.39, 0.29) is 87.6 Å². The average Bonchev–Trinajstić information content (AvgIpc) is 3.76. The molecule has 0 amide bonds. The van der Waals surface area contributed by atoms with Crippen LogP contribution in [0.5, 0.6) is 0 Å². The molecule has 6 aliphatic rings. The number of benzene rings is 3. The van der Waals surface area contributed by atoms with Crippen molar-refractivity contribution in [1.82, 2.24) is 0 Å². The SMILES string of the molecule is O=C1c2cc(C3=N[C-](F)CO3)cc3c2C2c4c1cc(C1=N[C-](F)CO1)cc4C(=O)c1cc(C4=N[C-](F)CO4)cc(c12)C3=O. The predicted octanol–water partition coefficient (Wildman–Crippen LogP) is 4.21. The molecule has 3 aliphatic carbocycles. The van der Waals surface area contributed by atoms with Gasteiger partial charge in [-0.05, 0) is 33.4 Å². The summed E-state index contributed by atoms with van der Waals surface area (Å²) in [5.74, 6) is -2.46. The summed E-state index contributed by atoms with van der Waals surface area (Å²) in [7, 11) is 0. The highest BCUT2D eigenvalue weighted by Gasteiger charge is 2.47. The van der Waals surface area contributed by atoms with E-state index in [0.29, 0.717) is 16.7 Å². The van der Waals surface area contributed by atoms with E-state index in [2.05, 4.69) is 15.0 Å². The number of carbonyl (C=O) groups is 3. The van der Waals surface area contributed by atoms with Gasteiger partial charge in [-0.1, -0.05) is 36.4 Å². The quantitative estimate of drug-likeness (QED) is 0.229. The van der Waals surface area contributed by atoms with Gasteiger partial charge in [-0.2, -0.15) is 0 Å². The van der Waals surface area contributed by atoms with Crippen LogP contribution in [0.1, 0.15) is 87.1 Å².